The van der Waals surface area contributed by atoms with Crippen molar-refractivity contribution in [2.45, 2.75) is 12.3 Å². The zero-order valence-corrected chi connectivity index (χ0v) is 7.37. The van der Waals surface area contributed by atoms with Crippen LogP contribution in [0.4, 0.5) is 0 Å². The third kappa shape index (κ3) is 1.20. The summed E-state index contributed by atoms with van der Waals surface area (Å²) < 4.78 is 4.62. The second-order valence-corrected chi connectivity index (χ2v) is 3.61. The topological polar surface area (TPSA) is 52.1 Å². The molecule has 0 aliphatic heterocycles. The predicted octanol–water partition coefficient (Wildman–Crippen LogP) is 0.815. The Morgan fingerprint density at radius 2 is 2.67 bits per heavy atom. The first-order chi connectivity index (χ1) is 5.83. The van der Waals surface area contributed by atoms with E-state index in [1.54, 1.807) is 5.51 Å². The van der Waals surface area contributed by atoms with Gasteiger partial charge in [-0.25, -0.2) is 0 Å². The lowest BCUT2D eigenvalue weighted by atomic mass is 10.3. The highest BCUT2D eigenvalue weighted by molar-refractivity contribution is 7.09. The van der Waals surface area contributed by atoms with Gasteiger partial charge in [0.2, 0.25) is 0 Å². The molecule has 0 bridgehead atoms. The number of methoxy groups -OCH3 is 1. The Labute approximate surface area is 73.6 Å². The average Bonchev–Trinajstić information content (AvgIpc) is 2.71. The monoisotopic (exact) mass is 184 g/mol. The predicted molar refractivity (Wildman–Crippen MR) is 42.8 cm³/mol. The maximum atomic E-state index is 11.0. The quantitative estimate of drug-likeness (QED) is 0.638. The highest BCUT2D eigenvalue weighted by Crippen LogP contribution is 2.48. The van der Waals surface area contributed by atoms with Crippen LogP contribution in [-0.2, 0) is 9.53 Å². The van der Waals surface area contributed by atoms with Crippen LogP contribution in [0.2, 0.25) is 0 Å². The van der Waals surface area contributed by atoms with Gasteiger partial charge in [0.15, 0.2) is 0 Å². The van der Waals surface area contributed by atoms with Crippen molar-refractivity contribution in [2.75, 3.05) is 7.11 Å². The van der Waals surface area contributed by atoms with Crippen LogP contribution < -0.4 is 0 Å². The Balaban J connectivity index is 2.01. The molecular weight excluding hydrogens is 176 g/mol. The fraction of sp³-hybridized carbons (Fsp3) is 0.571. The van der Waals surface area contributed by atoms with Gasteiger partial charge in [-0.1, -0.05) is 0 Å². The second kappa shape index (κ2) is 2.82. The summed E-state index contributed by atoms with van der Waals surface area (Å²) in [7, 11) is 1.41. The molecule has 1 aliphatic rings. The molecule has 0 aromatic carbocycles. The van der Waals surface area contributed by atoms with Crippen molar-refractivity contribution in [2.24, 2.45) is 5.92 Å². The summed E-state index contributed by atoms with van der Waals surface area (Å²) in [6, 6.07) is 0. The van der Waals surface area contributed by atoms with Crippen LogP contribution >= 0.6 is 11.3 Å². The van der Waals surface area contributed by atoms with Crippen molar-refractivity contribution in [3.63, 3.8) is 0 Å². The van der Waals surface area contributed by atoms with Crippen molar-refractivity contribution < 1.29 is 9.53 Å². The number of hydrogen-bond acceptors (Lipinski definition) is 5. The van der Waals surface area contributed by atoms with E-state index < -0.39 is 0 Å². The number of carbonyl (C=O) groups excluding carboxylic acids is 1. The smallest absolute Gasteiger partial charge is 0.309 e. The number of hydrogen-bond donors (Lipinski definition) is 0. The first-order valence-corrected chi connectivity index (χ1v) is 4.54. The third-order valence-corrected chi connectivity index (χ3v) is 2.81. The number of ether oxygens (including phenoxy) is 1. The molecule has 1 heterocycles. The molecule has 1 aliphatic carbocycles. The van der Waals surface area contributed by atoms with Crippen molar-refractivity contribution >= 4 is 17.3 Å². The third-order valence-electron chi connectivity index (χ3n) is 1.99. The Bertz CT molecular complexity index is 286. The molecule has 1 aromatic heterocycles. The molecule has 2 unspecified atom stereocenters. The minimum atomic E-state index is -0.129. The lowest BCUT2D eigenvalue weighted by molar-refractivity contribution is -0.142. The van der Waals surface area contributed by atoms with Gasteiger partial charge in [0, 0.05) is 5.92 Å². The highest BCUT2D eigenvalue weighted by atomic mass is 32.1. The maximum Gasteiger partial charge on any atom is 0.309 e. The number of rotatable bonds is 2. The minimum Gasteiger partial charge on any atom is -0.469 e. The van der Waals surface area contributed by atoms with Gasteiger partial charge in [-0.2, -0.15) is 0 Å². The Morgan fingerprint density at radius 1 is 1.83 bits per heavy atom. The molecule has 0 N–H and O–H groups in total. The second-order valence-electron chi connectivity index (χ2n) is 2.75. The number of aromatic nitrogens is 2. The van der Waals surface area contributed by atoms with E-state index in [9.17, 15) is 4.79 Å². The van der Waals surface area contributed by atoms with Crippen LogP contribution in [0.5, 0.6) is 0 Å². The van der Waals surface area contributed by atoms with E-state index in [0.717, 1.165) is 11.4 Å². The normalized spacial score (nSPS) is 26.8. The molecule has 0 saturated heterocycles. The first-order valence-electron chi connectivity index (χ1n) is 3.67. The lowest BCUT2D eigenvalue weighted by Gasteiger charge is -1.93. The molecule has 64 valence electrons. The highest BCUT2D eigenvalue weighted by Gasteiger charge is 2.46. The van der Waals surface area contributed by atoms with Crippen LogP contribution in [0, 0.1) is 5.92 Å². The fourth-order valence-corrected chi connectivity index (χ4v) is 1.95. The molecule has 5 heteroatoms. The van der Waals surface area contributed by atoms with Gasteiger partial charge in [0.05, 0.1) is 13.0 Å². The standard InChI is InChI=1S/C7H8N2O2S/c1-11-7(10)5-2-4(5)6-9-8-3-12-6/h3-5H,2H2,1H3. The lowest BCUT2D eigenvalue weighted by Crippen LogP contribution is -2.03. The van der Waals surface area contributed by atoms with E-state index in [-0.39, 0.29) is 17.8 Å². The molecule has 1 aromatic rings. The molecule has 0 spiro atoms. The van der Waals surface area contributed by atoms with Crippen molar-refractivity contribution in [3.05, 3.63) is 10.5 Å². The Hall–Kier alpha value is -0.970. The molecule has 0 radical (unpaired) electrons. The largest absolute Gasteiger partial charge is 0.469 e. The van der Waals surface area contributed by atoms with E-state index >= 15 is 0 Å². The van der Waals surface area contributed by atoms with Gasteiger partial charge in [-0.15, -0.1) is 21.5 Å². The van der Waals surface area contributed by atoms with Crippen molar-refractivity contribution in [1.82, 2.24) is 10.2 Å². The van der Waals surface area contributed by atoms with E-state index in [0.29, 0.717) is 0 Å². The first kappa shape index (κ1) is 7.67. The summed E-state index contributed by atoms with van der Waals surface area (Å²) in [5.74, 6) is 0.170. The zero-order valence-electron chi connectivity index (χ0n) is 6.56. The molecule has 2 rings (SSSR count). The van der Waals surface area contributed by atoms with E-state index in [2.05, 4.69) is 14.9 Å². The van der Waals surface area contributed by atoms with Crippen LogP contribution in [-0.4, -0.2) is 23.3 Å². The summed E-state index contributed by atoms with van der Waals surface area (Å²) in [4.78, 5) is 11.0. The molecule has 4 nitrogen and oxygen atoms in total. The zero-order chi connectivity index (χ0) is 8.55. The fourth-order valence-electron chi connectivity index (χ4n) is 1.22. The number of esters is 1. The summed E-state index contributed by atoms with van der Waals surface area (Å²) >= 11 is 1.50. The summed E-state index contributed by atoms with van der Waals surface area (Å²) in [5, 5.41) is 8.57. The summed E-state index contributed by atoms with van der Waals surface area (Å²) in [5.41, 5.74) is 1.68. The van der Waals surface area contributed by atoms with Crippen LogP contribution in [0.25, 0.3) is 0 Å². The van der Waals surface area contributed by atoms with Gasteiger partial charge in [0.1, 0.15) is 10.5 Å². The Morgan fingerprint density at radius 3 is 3.25 bits per heavy atom. The van der Waals surface area contributed by atoms with Crippen molar-refractivity contribution in [1.29, 1.82) is 0 Å². The summed E-state index contributed by atoms with van der Waals surface area (Å²) in [6.07, 6.45) is 0.863. The molecule has 0 amide bonds. The minimum absolute atomic E-state index is 0.0305. The Kier molecular flexibility index (Phi) is 1.80. The van der Waals surface area contributed by atoms with Gasteiger partial charge < -0.3 is 4.74 Å². The van der Waals surface area contributed by atoms with Gasteiger partial charge in [0.25, 0.3) is 0 Å². The molecule has 1 saturated carbocycles. The molecule has 12 heavy (non-hydrogen) atoms. The molecule has 1 fully saturated rings. The van der Waals surface area contributed by atoms with Gasteiger partial charge in [-0.05, 0) is 6.42 Å². The van der Waals surface area contributed by atoms with E-state index in [1.807, 2.05) is 0 Å². The number of nitrogens with zero attached hydrogens (tertiary/aromatic N) is 2. The van der Waals surface area contributed by atoms with Gasteiger partial charge in [-0.3, -0.25) is 4.79 Å². The maximum absolute atomic E-state index is 11.0. The molecule has 2 atom stereocenters. The van der Waals surface area contributed by atoms with Crippen molar-refractivity contribution in [3.8, 4) is 0 Å². The van der Waals surface area contributed by atoms with Crippen LogP contribution in [0.3, 0.4) is 0 Å². The molecular formula is C7H8N2O2S. The van der Waals surface area contributed by atoms with E-state index in [1.165, 1.54) is 18.4 Å². The average molecular weight is 184 g/mol. The SMILES string of the molecule is COC(=O)C1CC1c1nncs1. The van der Waals surface area contributed by atoms with Crippen LogP contribution in [0.15, 0.2) is 5.51 Å². The number of carbonyl (C=O) groups is 1. The van der Waals surface area contributed by atoms with E-state index in [4.69, 9.17) is 0 Å². The van der Waals surface area contributed by atoms with Gasteiger partial charge >= 0.3 is 5.97 Å². The summed E-state index contributed by atoms with van der Waals surface area (Å²) in [6.45, 7) is 0. The van der Waals surface area contributed by atoms with Crippen LogP contribution in [0.1, 0.15) is 17.3 Å².